The first-order valence-electron chi connectivity index (χ1n) is 6.48. The minimum Gasteiger partial charge on any atom is -0.399 e. The third-order valence-corrected chi connectivity index (χ3v) is 3.46. The van der Waals surface area contributed by atoms with Crippen molar-refractivity contribution in [3.63, 3.8) is 0 Å². The number of amides is 1. The summed E-state index contributed by atoms with van der Waals surface area (Å²) in [4.78, 5) is 18.5. The van der Waals surface area contributed by atoms with Gasteiger partial charge in [-0.25, -0.2) is 4.98 Å². The van der Waals surface area contributed by atoms with Crippen molar-refractivity contribution in [3.05, 3.63) is 54.2 Å². The molecule has 2 aromatic rings. The maximum Gasteiger partial charge on any atom is 0.237 e. The van der Waals surface area contributed by atoms with Crippen molar-refractivity contribution >= 4 is 17.4 Å². The second-order valence-corrected chi connectivity index (χ2v) is 5.30. The van der Waals surface area contributed by atoms with Crippen molar-refractivity contribution < 1.29 is 4.79 Å². The topological polar surface area (TPSA) is 59.2 Å². The van der Waals surface area contributed by atoms with E-state index in [2.05, 4.69) is 4.98 Å². The highest BCUT2D eigenvalue weighted by atomic mass is 16.2. The molecule has 2 N–H and O–H groups in total. The van der Waals surface area contributed by atoms with E-state index in [1.54, 1.807) is 18.1 Å². The molecule has 4 nitrogen and oxygen atoms in total. The number of hydrogen-bond donors (Lipinski definition) is 1. The SMILES string of the molecule is CN(C(=O)C(C)(C)c1ccc(N)cc1)c1ccccn1. The molecule has 1 amide bonds. The van der Waals surface area contributed by atoms with Gasteiger partial charge in [-0.05, 0) is 43.7 Å². The van der Waals surface area contributed by atoms with Crippen LogP contribution in [0.1, 0.15) is 19.4 Å². The molecule has 0 saturated carbocycles. The van der Waals surface area contributed by atoms with E-state index in [9.17, 15) is 4.79 Å². The van der Waals surface area contributed by atoms with Crippen LogP contribution in [0.15, 0.2) is 48.7 Å². The fraction of sp³-hybridized carbons (Fsp3) is 0.250. The molecular formula is C16H19N3O. The molecule has 0 unspecified atom stereocenters. The average Bonchev–Trinajstić information content (AvgIpc) is 2.47. The number of pyridine rings is 1. The predicted octanol–water partition coefficient (Wildman–Crippen LogP) is 2.60. The number of carbonyl (C=O) groups excluding carboxylic acids is 1. The van der Waals surface area contributed by atoms with Gasteiger partial charge in [0, 0.05) is 18.9 Å². The van der Waals surface area contributed by atoms with Gasteiger partial charge in [0.15, 0.2) is 0 Å². The number of rotatable bonds is 3. The zero-order valence-electron chi connectivity index (χ0n) is 12.0. The van der Waals surface area contributed by atoms with Crippen LogP contribution in [0.2, 0.25) is 0 Å². The van der Waals surface area contributed by atoms with Gasteiger partial charge in [-0.3, -0.25) is 9.69 Å². The summed E-state index contributed by atoms with van der Waals surface area (Å²) in [6, 6.07) is 12.9. The number of likely N-dealkylation sites (N-methyl/N-ethyl adjacent to an activating group) is 1. The molecule has 104 valence electrons. The van der Waals surface area contributed by atoms with Crippen LogP contribution in [-0.2, 0) is 10.2 Å². The van der Waals surface area contributed by atoms with Gasteiger partial charge in [0.25, 0.3) is 0 Å². The molecule has 0 spiro atoms. The largest absolute Gasteiger partial charge is 0.399 e. The monoisotopic (exact) mass is 269 g/mol. The van der Waals surface area contributed by atoms with E-state index in [0.717, 1.165) is 5.56 Å². The normalized spacial score (nSPS) is 11.2. The van der Waals surface area contributed by atoms with Crippen LogP contribution in [0.25, 0.3) is 0 Å². The Balaban J connectivity index is 2.29. The second kappa shape index (κ2) is 5.33. The summed E-state index contributed by atoms with van der Waals surface area (Å²) in [6.45, 7) is 3.81. The Morgan fingerprint density at radius 2 is 1.80 bits per heavy atom. The summed E-state index contributed by atoms with van der Waals surface area (Å²) >= 11 is 0. The van der Waals surface area contributed by atoms with E-state index in [1.807, 2.05) is 56.3 Å². The number of carbonyl (C=O) groups is 1. The number of hydrogen-bond acceptors (Lipinski definition) is 3. The highest BCUT2D eigenvalue weighted by molar-refractivity contribution is 5.99. The molecule has 0 fully saturated rings. The summed E-state index contributed by atoms with van der Waals surface area (Å²) < 4.78 is 0. The highest BCUT2D eigenvalue weighted by Gasteiger charge is 2.33. The standard InChI is InChI=1S/C16H19N3O/c1-16(2,12-7-9-13(17)10-8-12)15(20)19(3)14-6-4-5-11-18-14/h4-11H,17H2,1-3H3. The predicted molar refractivity (Wildman–Crippen MR) is 81.5 cm³/mol. The number of benzene rings is 1. The molecular weight excluding hydrogens is 250 g/mol. The second-order valence-electron chi connectivity index (χ2n) is 5.30. The highest BCUT2D eigenvalue weighted by Crippen LogP contribution is 2.27. The number of nitrogens with zero attached hydrogens (tertiary/aromatic N) is 2. The summed E-state index contributed by atoms with van der Waals surface area (Å²) in [7, 11) is 1.74. The van der Waals surface area contributed by atoms with Gasteiger partial charge in [0.1, 0.15) is 5.82 Å². The minimum atomic E-state index is -0.639. The van der Waals surface area contributed by atoms with E-state index in [-0.39, 0.29) is 5.91 Å². The van der Waals surface area contributed by atoms with Crippen LogP contribution >= 0.6 is 0 Å². The molecule has 1 aromatic carbocycles. The molecule has 2 rings (SSSR count). The van der Waals surface area contributed by atoms with E-state index >= 15 is 0 Å². The molecule has 20 heavy (non-hydrogen) atoms. The fourth-order valence-corrected chi connectivity index (χ4v) is 2.10. The summed E-state index contributed by atoms with van der Waals surface area (Å²) in [5.74, 6) is 0.627. The van der Waals surface area contributed by atoms with Gasteiger partial charge in [0.05, 0.1) is 5.41 Å². The Morgan fingerprint density at radius 3 is 2.35 bits per heavy atom. The van der Waals surface area contributed by atoms with Crippen molar-refractivity contribution in [1.82, 2.24) is 4.98 Å². The first kappa shape index (κ1) is 14.1. The van der Waals surface area contributed by atoms with Gasteiger partial charge in [-0.15, -0.1) is 0 Å². The number of aromatic nitrogens is 1. The Hall–Kier alpha value is -2.36. The number of nitrogens with two attached hydrogens (primary N) is 1. The number of anilines is 2. The molecule has 1 aromatic heterocycles. The lowest BCUT2D eigenvalue weighted by molar-refractivity contribution is -0.122. The first-order chi connectivity index (χ1) is 9.43. The summed E-state index contributed by atoms with van der Waals surface area (Å²) in [6.07, 6.45) is 1.68. The van der Waals surface area contributed by atoms with E-state index in [1.165, 1.54) is 0 Å². The van der Waals surface area contributed by atoms with Crippen LogP contribution in [0.5, 0.6) is 0 Å². The lowest BCUT2D eigenvalue weighted by atomic mass is 9.83. The molecule has 0 radical (unpaired) electrons. The lowest BCUT2D eigenvalue weighted by Gasteiger charge is -2.29. The van der Waals surface area contributed by atoms with Gasteiger partial charge in [0.2, 0.25) is 5.91 Å². The molecule has 4 heteroatoms. The van der Waals surface area contributed by atoms with Gasteiger partial charge < -0.3 is 5.73 Å². The van der Waals surface area contributed by atoms with E-state index in [0.29, 0.717) is 11.5 Å². The van der Waals surface area contributed by atoms with Crippen LogP contribution in [0.3, 0.4) is 0 Å². The van der Waals surface area contributed by atoms with Crippen LogP contribution < -0.4 is 10.6 Å². The molecule has 0 aliphatic heterocycles. The van der Waals surface area contributed by atoms with E-state index < -0.39 is 5.41 Å². The third-order valence-electron chi connectivity index (χ3n) is 3.46. The van der Waals surface area contributed by atoms with Crippen molar-refractivity contribution in [1.29, 1.82) is 0 Å². The van der Waals surface area contributed by atoms with Crippen molar-refractivity contribution in [2.75, 3.05) is 17.7 Å². The van der Waals surface area contributed by atoms with Crippen molar-refractivity contribution in [2.45, 2.75) is 19.3 Å². The maximum atomic E-state index is 12.7. The zero-order valence-corrected chi connectivity index (χ0v) is 12.0. The molecule has 1 heterocycles. The quantitative estimate of drug-likeness (QED) is 0.871. The van der Waals surface area contributed by atoms with E-state index in [4.69, 9.17) is 5.73 Å². The maximum absolute atomic E-state index is 12.7. The Kier molecular flexibility index (Phi) is 3.74. The zero-order chi connectivity index (χ0) is 14.8. The van der Waals surface area contributed by atoms with Gasteiger partial charge in [-0.1, -0.05) is 18.2 Å². The first-order valence-corrected chi connectivity index (χ1v) is 6.48. The molecule has 0 bridgehead atoms. The fourth-order valence-electron chi connectivity index (χ4n) is 2.10. The Morgan fingerprint density at radius 1 is 1.15 bits per heavy atom. The number of nitrogen functional groups attached to an aromatic ring is 1. The molecule has 0 atom stereocenters. The van der Waals surface area contributed by atoms with Gasteiger partial charge in [-0.2, -0.15) is 0 Å². The van der Waals surface area contributed by atoms with Gasteiger partial charge >= 0.3 is 0 Å². The van der Waals surface area contributed by atoms with Crippen LogP contribution in [0.4, 0.5) is 11.5 Å². The average molecular weight is 269 g/mol. The lowest BCUT2D eigenvalue weighted by Crippen LogP contribution is -2.41. The van der Waals surface area contributed by atoms with Crippen LogP contribution in [0, 0.1) is 0 Å². The molecule has 0 saturated heterocycles. The van der Waals surface area contributed by atoms with Crippen molar-refractivity contribution in [2.24, 2.45) is 0 Å². The summed E-state index contributed by atoms with van der Waals surface area (Å²) in [5, 5.41) is 0. The summed E-state index contributed by atoms with van der Waals surface area (Å²) in [5.41, 5.74) is 6.67. The molecule has 0 aliphatic carbocycles. The van der Waals surface area contributed by atoms with Crippen molar-refractivity contribution in [3.8, 4) is 0 Å². The van der Waals surface area contributed by atoms with Crippen LogP contribution in [-0.4, -0.2) is 17.9 Å². The smallest absolute Gasteiger partial charge is 0.237 e. The Labute approximate surface area is 119 Å². The third kappa shape index (κ3) is 2.64. The Bertz CT molecular complexity index is 591. The molecule has 0 aliphatic rings. The minimum absolute atomic E-state index is 0.0130.